The molecule has 0 saturated carbocycles. The van der Waals surface area contributed by atoms with Crippen molar-refractivity contribution in [2.24, 2.45) is 0 Å². The number of aromatic nitrogens is 1. The molecule has 102 valence electrons. The molecule has 0 spiro atoms. The van der Waals surface area contributed by atoms with Crippen molar-refractivity contribution >= 4 is 10.9 Å². The molecule has 0 radical (unpaired) electrons. The Morgan fingerprint density at radius 2 is 2.00 bits per heavy atom. The minimum absolute atomic E-state index is 0.266. The molecule has 0 unspecified atom stereocenters. The summed E-state index contributed by atoms with van der Waals surface area (Å²) in [6.07, 6.45) is 8.09. The van der Waals surface area contributed by atoms with Crippen molar-refractivity contribution in [1.29, 1.82) is 0 Å². The van der Waals surface area contributed by atoms with E-state index in [0.29, 0.717) is 5.52 Å². The van der Waals surface area contributed by atoms with E-state index in [9.17, 15) is 5.11 Å². The minimum Gasteiger partial charge on any atom is -0.505 e. The van der Waals surface area contributed by atoms with Crippen molar-refractivity contribution in [3.63, 3.8) is 0 Å². The van der Waals surface area contributed by atoms with Gasteiger partial charge in [0.1, 0.15) is 11.3 Å². The van der Waals surface area contributed by atoms with E-state index in [1.807, 2.05) is 32.1 Å². The Balaban J connectivity index is 2.52. The molecule has 0 aliphatic carbocycles. The predicted octanol–water partition coefficient (Wildman–Crippen LogP) is 4.40. The molecule has 0 saturated heterocycles. The summed E-state index contributed by atoms with van der Waals surface area (Å²) in [5, 5.41) is 11.1. The molecule has 0 fully saturated rings. The first kappa shape index (κ1) is 14.1. The normalized spacial score (nSPS) is 11.6. The van der Waals surface area contributed by atoms with E-state index in [0.717, 1.165) is 34.1 Å². The summed E-state index contributed by atoms with van der Waals surface area (Å²) in [6.45, 7) is 11.4. The van der Waals surface area contributed by atoms with Gasteiger partial charge in [-0.2, -0.15) is 0 Å². The summed E-state index contributed by atoms with van der Waals surface area (Å²) in [4.78, 5) is 4.41. The largest absolute Gasteiger partial charge is 0.505 e. The van der Waals surface area contributed by atoms with Crippen LogP contribution in [0.2, 0.25) is 0 Å². The van der Waals surface area contributed by atoms with E-state index < -0.39 is 0 Å². The molecule has 0 bridgehead atoms. The number of phenolic OH excluding ortho intramolecular Hbond substituents is 1. The number of fused-ring (bicyclic) bond motifs is 1. The highest BCUT2D eigenvalue weighted by Crippen LogP contribution is 2.30. The van der Waals surface area contributed by atoms with Gasteiger partial charge >= 0.3 is 0 Å². The maximum atomic E-state index is 10.1. The average Bonchev–Trinajstić information content (AvgIpc) is 2.44. The maximum Gasteiger partial charge on any atom is 0.144 e. The summed E-state index contributed by atoms with van der Waals surface area (Å²) in [6, 6.07) is 4.06. The summed E-state index contributed by atoms with van der Waals surface area (Å²) in [5.74, 6) is 0.266. The zero-order chi connectivity index (χ0) is 14.7. The lowest BCUT2D eigenvalue weighted by Crippen LogP contribution is -1.93. The lowest BCUT2D eigenvalue weighted by atomic mass is 10.0. The van der Waals surface area contributed by atoms with Gasteiger partial charge in [-0.05, 0) is 48.6 Å². The van der Waals surface area contributed by atoms with E-state index in [4.69, 9.17) is 0 Å². The molecule has 2 aromatic rings. The van der Waals surface area contributed by atoms with Crippen LogP contribution in [0, 0.1) is 13.8 Å². The number of aryl methyl sites for hydroxylation is 2. The van der Waals surface area contributed by atoms with Crippen LogP contribution in [-0.4, -0.2) is 10.1 Å². The second-order valence-corrected chi connectivity index (χ2v) is 4.96. The molecule has 0 atom stereocenters. The van der Waals surface area contributed by atoms with Gasteiger partial charge in [0, 0.05) is 11.6 Å². The van der Waals surface area contributed by atoms with Crippen molar-refractivity contribution < 1.29 is 5.11 Å². The van der Waals surface area contributed by atoms with Crippen LogP contribution in [0.25, 0.3) is 10.9 Å². The highest BCUT2D eigenvalue weighted by atomic mass is 16.3. The molecular formula is C18H19NO. The number of benzene rings is 1. The monoisotopic (exact) mass is 265 g/mol. The summed E-state index contributed by atoms with van der Waals surface area (Å²) >= 11 is 0. The smallest absolute Gasteiger partial charge is 0.144 e. The van der Waals surface area contributed by atoms with Crippen molar-refractivity contribution in [3.8, 4) is 5.75 Å². The fourth-order valence-electron chi connectivity index (χ4n) is 2.34. The van der Waals surface area contributed by atoms with Crippen LogP contribution in [0.4, 0.5) is 0 Å². The van der Waals surface area contributed by atoms with Crippen LogP contribution in [0.5, 0.6) is 5.75 Å². The van der Waals surface area contributed by atoms with Gasteiger partial charge in [-0.1, -0.05) is 37.5 Å². The third-order valence-electron chi connectivity index (χ3n) is 3.40. The van der Waals surface area contributed by atoms with Crippen molar-refractivity contribution in [2.45, 2.75) is 20.3 Å². The van der Waals surface area contributed by atoms with Crippen molar-refractivity contribution in [3.05, 3.63) is 72.0 Å². The number of aromatic hydroxyl groups is 1. The Morgan fingerprint density at radius 3 is 2.65 bits per heavy atom. The number of rotatable bonds is 4. The van der Waals surface area contributed by atoms with Crippen LogP contribution < -0.4 is 0 Å². The van der Waals surface area contributed by atoms with E-state index in [2.05, 4.69) is 24.2 Å². The average molecular weight is 265 g/mol. The van der Waals surface area contributed by atoms with Gasteiger partial charge in [0.15, 0.2) is 0 Å². The number of pyridine rings is 1. The van der Waals surface area contributed by atoms with E-state index in [1.54, 1.807) is 12.3 Å². The molecule has 2 nitrogen and oxygen atoms in total. The van der Waals surface area contributed by atoms with Gasteiger partial charge < -0.3 is 5.11 Å². The van der Waals surface area contributed by atoms with Crippen LogP contribution in [0.15, 0.2) is 55.3 Å². The molecule has 0 aliphatic rings. The second-order valence-electron chi connectivity index (χ2n) is 4.96. The SMILES string of the molecule is C=C/C=C(\C=C)Cc1cnc2c(O)c(C)cc(C)c2c1. The molecule has 1 heterocycles. The first-order chi connectivity index (χ1) is 9.56. The van der Waals surface area contributed by atoms with Crippen LogP contribution >= 0.6 is 0 Å². The van der Waals surface area contributed by atoms with Crippen LogP contribution in [0.1, 0.15) is 16.7 Å². The first-order valence-corrected chi connectivity index (χ1v) is 6.58. The molecule has 0 aliphatic heterocycles. The Kier molecular flexibility index (Phi) is 4.04. The summed E-state index contributed by atoms with van der Waals surface area (Å²) in [5.41, 5.74) is 4.83. The Hall–Kier alpha value is -2.35. The quantitative estimate of drug-likeness (QED) is 0.831. The molecule has 1 aromatic carbocycles. The topological polar surface area (TPSA) is 33.1 Å². The van der Waals surface area contributed by atoms with E-state index in [-0.39, 0.29) is 5.75 Å². The second kappa shape index (κ2) is 5.74. The minimum atomic E-state index is 0.266. The zero-order valence-electron chi connectivity index (χ0n) is 12.0. The van der Waals surface area contributed by atoms with Gasteiger partial charge in [0.25, 0.3) is 0 Å². The third-order valence-corrected chi connectivity index (χ3v) is 3.40. The molecule has 20 heavy (non-hydrogen) atoms. The van der Waals surface area contributed by atoms with Crippen molar-refractivity contribution in [2.75, 3.05) is 0 Å². The summed E-state index contributed by atoms with van der Waals surface area (Å²) < 4.78 is 0. The lowest BCUT2D eigenvalue weighted by Gasteiger charge is -2.09. The fraction of sp³-hybridized carbons (Fsp3) is 0.167. The highest BCUT2D eigenvalue weighted by molar-refractivity contribution is 5.88. The third kappa shape index (κ3) is 2.64. The molecule has 1 aromatic heterocycles. The summed E-state index contributed by atoms with van der Waals surface area (Å²) in [7, 11) is 0. The number of phenols is 1. The molecule has 0 amide bonds. The Bertz CT molecular complexity index is 711. The van der Waals surface area contributed by atoms with Gasteiger partial charge in [-0.15, -0.1) is 0 Å². The molecule has 2 heteroatoms. The van der Waals surface area contributed by atoms with E-state index >= 15 is 0 Å². The van der Waals surface area contributed by atoms with Crippen molar-refractivity contribution in [1.82, 2.24) is 4.98 Å². The zero-order valence-corrected chi connectivity index (χ0v) is 12.0. The number of nitrogens with zero attached hydrogens (tertiary/aromatic N) is 1. The first-order valence-electron chi connectivity index (χ1n) is 6.58. The maximum absolute atomic E-state index is 10.1. The highest BCUT2D eigenvalue weighted by Gasteiger charge is 2.09. The van der Waals surface area contributed by atoms with Gasteiger partial charge in [-0.3, -0.25) is 4.98 Å². The molecular weight excluding hydrogens is 246 g/mol. The standard InChI is InChI=1S/C18H19NO/c1-5-7-14(6-2)9-15-10-16-12(3)8-13(4)18(20)17(16)19-11-15/h5-8,10-11,20H,1-2,9H2,3-4H3/b14-7+. The predicted molar refractivity (Wildman–Crippen MR) is 85.1 cm³/mol. The molecule has 2 rings (SSSR count). The number of allylic oxidation sites excluding steroid dienone is 4. The van der Waals surface area contributed by atoms with Gasteiger partial charge in [0.2, 0.25) is 0 Å². The number of hydrogen-bond donors (Lipinski definition) is 1. The van der Waals surface area contributed by atoms with E-state index in [1.165, 1.54) is 0 Å². The van der Waals surface area contributed by atoms with Crippen LogP contribution in [-0.2, 0) is 6.42 Å². The van der Waals surface area contributed by atoms with Gasteiger partial charge in [0.05, 0.1) is 0 Å². The van der Waals surface area contributed by atoms with Gasteiger partial charge in [-0.25, -0.2) is 0 Å². The fourth-order valence-corrected chi connectivity index (χ4v) is 2.34. The van der Waals surface area contributed by atoms with Crippen LogP contribution in [0.3, 0.4) is 0 Å². The Morgan fingerprint density at radius 1 is 1.25 bits per heavy atom. The molecule has 1 N–H and O–H groups in total. The Labute approximate surface area is 119 Å². The lowest BCUT2D eigenvalue weighted by molar-refractivity contribution is 0.476. The number of hydrogen-bond acceptors (Lipinski definition) is 2.